The molecular formula is C22H27ClN2O3. The molecule has 2 aromatic carbocycles. The summed E-state index contributed by atoms with van der Waals surface area (Å²) in [5.41, 5.74) is 1.75. The van der Waals surface area contributed by atoms with Crippen LogP contribution < -0.4 is 10.1 Å². The van der Waals surface area contributed by atoms with E-state index in [9.17, 15) is 4.79 Å². The first-order chi connectivity index (χ1) is 13.5. The first-order valence-corrected chi connectivity index (χ1v) is 10.0. The number of rotatable bonds is 7. The van der Waals surface area contributed by atoms with Crippen LogP contribution >= 0.6 is 11.6 Å². The molecule has 1 amide bonds. The minimum Gasteiger partial charge on any atom is -0.491 e. The summed E-state index contributed by atoms with van der Waals surface area (Å²) < 4.78 is 11.1. The van der Waals surface area contributed by atoms with Gasteiger partial charge in [-0.2, -0.15) is 0 Å². The van der Waals surface area contributed by atoms with Crippen LogP contribution in [-0.2, 0) is 4.74 Å². The molecule has 0 saturated carbocycles. The van der Waals surface area contributed by atoms with Gasteiger partial charge in [-0.05, 0) is 55.8 Å². The van der Waals surface area contributed by atoms with Crippen molar-refractivity contribution in [2.24, 2.45) is 0 Å². The largest absolute Gasteiger partial charge is 0.491 e. The summed E-state index contributed by atoms with van der Waals surface area (Å²) in [6.07, 6.45) is 0.105. The predicted molar refractivity (Wildman–Crippen MR) is 111 cm³/mol. The molecule has 1 heterocycles. The molecule has 0 radical (unpaired) electrons. The van der Waals surface area contributed by atoms with Crippen molar-refractivity contribution in [1.29, 1.82) is 0 Å². The van der Waals surface area contributed by atoms with Gasteiger partial charge in [0.05, 0.1) is 25.4 Å². The van der Waals surface area contributed by atoms with Crippen LogP contribution in [0.5, 0.6) is 5.75 Å². The topological polar surface area (TPSA) is 50.8 Å². The summed E-state index contributed by atoms with van der Waals surface area (Å²) in [6.45, 7) is 7.55. The molecule has 2 aromatic rings. The van der Waals surface area contributed by atoms with E-state index in [1.807, 2.05) is 50.2 Å². The summed E-state index contributed by atoms with van der Waals surface area (Å²) in [5.74, 6) is 0.669. The van der Waals surface area contributed by atoms with Gasteiger partial charge in [-0.15, -0.1) is 0 Å². The number of morpholine rings is 1. The molecule has 1 fully saturated rings. The summed E-state index contributed by atoms with van der Waals surface area (Å²) >= 11 is 6.04. The van der Waals surface area contributed by atoms with Crippen LogP contribution in [0.15, 0.2) is 48.5 Å². The maximum atomic E-state index is 12.6. The molecule has 5 nitrogen and oxygen atoms in total. The fourth-order valence-electron chi connectivity index (χ4n) is 3.28. The van der Waals surface area contributed by atoms with Crippen molar-refractivity contribution in [2.45, 2.75) is 26.0 Å². The van der Waals surface area contributed by atoms with Gasteiger partial charge in [-0.3, -0.25) is 9.69 Å². The lowest BCUT2D eigenvalue weighted by Crippen LogP contribution is -2.43. The number of hydrogen-bond donors (Lipinski definition) is 1. The highest BCUT2D eigenvalue weighted by Gasteiger charge is 2.23. The van der Waals surface area contributed by atoms with E-state index in [1.54, 1.807) is 12.1 Å². The molecule has 1 aliphatic heterocycles. The predicted octanol–water partition coefficient (Wildman–Crippen LogP) is 3.93. The van der Waals surface area contributed by atoms with Crippen LogP contribution in [0, 0.1) is 0 Å². The van der Waals surface area contributed by atoms with E-state index in [2.05, 4.69) is 10.2 Å². The third-order valence-corrected chi connectivity index (χ3v) is 4.94. The summed E-state index contributed by atoms with van der Waals surface area (Å²) in [5, 5.41) is 3.78. The van der Waals surface area contributed by atoms with Gasteiger partial charge in [0.1, 0.15) is 5.75 Å². The second kappa shape index (κ2) is 9.92. The van der Waals surface area contributed by atoms with Gasteiger partial charge in [0.25, 0.3) is 5.91 Å². The number of halogens is 1. The average molecular weight is 403 g/mol. The normalized spacial score (nSPS) is 16.0. The number of carbonyl (C=O) groups is 1. The van der Waals surface area contributed by atoms with Crippen molar-refractivity contribution in [3.8, 4) is 5.75 Å². The molecule has 1 saturated heterocycles. The maximum Gasteiger partial charge on any atom is 0.251 e. The lowest BCUT2D eigenvalue weighted by molar-refractivity contribution is 0.0162. The smallest absolute Gasteiger partial charge is 0.251 e. The van der Waals surface area contributed by atoms with Crippen LogP contribution in [0.4, 0.5) is 0 Å². The van der Waals surface area contributed by atoms with E-state index in [0.29, 0.717) is 30.3 Å². The second-order valence-corrected chi connectivity index (χ2v) is 7.55. The molecule has 150 valence electrons. The molecule has 1 atom stereocenters. The zero-order chi connectivity index (χ0) is 19.9. The van der Waals surface area contributed by atoms with Crippen molar-refractivity contribution in [2.75, 3.05) is 32.8 Å². The highest BCUT2D eigenvalue weighted by atomic mass is 35.5. The van der Waals surface area contributed by atoms with Gasteiger partial charge in [0.15, 0.2) is 0 Å². The Morgan fingerprint density at radius 3 is 2.36 bits per heavy atom. The molecular weight excluding hydrogens is 376 g/mol. The molecule has 0 aromatic heterocycles. The number of hydrogen-bond acceptors (Lipinski definition) is 4. The van der Waals surface area contributed by atoms with E-state index < -0.39 is 0 Å². The van der Waals surface area contributed by atoms with Gasteiger partial charge in [0, 0.05) is 30.2 Å². The first-order valence-electron chi connectivity index (χ1n) is 9.65. The highest BCUT2D eigenvalue weighted by Crippen LogP contribution is 2.23. The van der Waals surface area contributed by atoms with Gasteiger partial charge in [0.2, 0.25) is 0 Å². The first kappa shape index (κ1) is 20.6. The van der Waals surface area contributed by atoms with Crippen molar-refractivity contribution < 1.29 is 14.3 Å². The standard InChI is InChI=1S/C22H27ClN2O3/c1-16(2)28-20-9-5-18(6-10-20)22(26)24-15-21(25-11-13-27-14-12-25)17-3-7-19(23)8-4-17/h3-10,16,21H,11-15H2,1-2H3,(H,24,26)/t21-/m1/s1. The second-order valence-electron chi connectivity index (χ2n) is 7.12. The van der Waals surface area contributed by atoms with E-state index in [1.165, 1.54) is 0 Å². The molecule has 0 unspecified atom stereocenters. The molecule has 3 rings (SSSR count). The fourth-order valence-corrected chi connectivity index (χ4v) is 3.41. The SMILES string of the molecule is CC(C)Oc1ccc(C(=O)NC[C@H](c2ccc(Cl)cc2)N2CCOCC2)cc1. The summed E-state index contributed by atoms with van der Waals surface area (Å²) in [4.78, 5) is 15.0. The monoisotopic (exact) mass is 402 g/mol. The number of amides is 1. The van der Waals surface area contributed by atoms with Gasteiger partial charge in [-0.25, -0.2) is 0 Å². The molecule has 0 spiro atoms. The van der Waals surface area contributed by atoms with E-state index in [0.717, 1.165) is 24.4 Å². The average Bonchev–Trinajstić information content (AvgIpc) is 2.70. The Labute approximate surface area is 171 Å². The zero-order valence-corrected chi connectivity index (χ0v) is 17.1. The lowest BCUT2D eigenvalue weighted by atomic mass is 10.0. The number of nitrogens with one attached hydrogen (secondary N) is 1. The van der Waals surface area contributed by atoms with Crippen LogP contribution in [0.3, 0.4) is 0 Å². The molecule has 6 heteroatoms. The van der Waals surface area contributed by atoms with E-state index in [4.69, 9.17) is 21.1 Å². The Morgan fingerprint density at radius 1 is 1.11 bits per heavy atom. The molecule has 0 bridgehead atoms. The number of nitrogens with zero attached hydrogens (tertiary/aromatic N) is 1. The molecule has 0 aliphatic carbocycles. The summed E-state index contributed by atoms with van der Waals surface area (Å²) in [6, 6.07) is 15.1. The highest BCUT2D eigenvalue weighted by molar-refractivity contribution is 6.30. The van der Waals surface area contributed by atoms with Gasteiger partial charge >= 0.3 is 0 Å². The van der Waals surface area contributed by atoms with E-state index >= 15 is 0 Å². The number of carbonyl (C=O) groups excluding carboxylic acids is 1. The molecule has 1 N–H and O–H groups in total. The Bertz CT molecular complexity index is 756. The Hall–Kier alpha value is -2.08. The Balaban J connectivity index is 1.66. The Kier molecular flexibility index (Phi) is 7.31. The number of ether oxygens (including phenoxy) is 2. The number of benzene rings is 2. The van der Waals surface area contributed by atoms with Crippen molar-refractivity contribution >= 4 is 17.5 Å². The van der Waals surface area contributed by atoms with Crippen LogP contribution in [-0.4, -0.2) is 49.8 Å². The Morgan fingerprint density at radius 2 is 1.75 bits per heavy atom. The van der Waals surface area contributed by atoms with Crippen LogP contribution in [0.25, 0.3) is 0 Å². The molecule has 28 heavy (non-hydrogen) atoms. The minimum atomic E-state index is -0.0941. The van der Waals surface area contributed by atoms with Crippen molar-refractivity contribution in [1.82, 2.24) is 10.2 Å². The lowest BCUT2D eigenvalue weighted by Gasteiger charge is -2.35. The van der Waals surface area contributed by atoms with Crippen molar-refractivity contribution in [3.63, 3.8) is 0 Å². The molecule has 1 aliphatic rings. The minimum absolute atomic E-state index is 0.0775. The third-order valence-electron chi connectivity index (χ3n) is 4.69. The van der Waals surface area contributed by atoms with Crippen molar-refractivity contribution in [3.05, 3.63) is 64.7 Å². The van der Waals surface area contributed by atoms with Gasteiger partial charge in [-0.1, -0.05) is 23.7 Å². The van der Waals surface area contributed by atoms with E-state index in [-0.39, 0.29) is 18.1 Å². The third kappa shape index (κ3) is 5.71. The van der Waals surface area contributed by atoms with Crippen LogP contribution in [0.1, 0.15) is 35.8 Å². The fraction of sp³-hybridized carbons (Fsp3) is 0.409. The van der Waals surface area contributed by atoms with Crippen LogP contribution in [0.2, 0.25) is 5.02 Å². The summed E-state index contributed by atoms with van der Waals surface area (Å²) in [7, 11) is 0. The van der Waals surface area contributed by atoms with Gasteiger partial charge < -0.3 is 14.8 Å². The zero-order valence-electron chi connectivity index (χ0n) is 16.4. The maximum absolute atomic E-state index is 12.6. The quantitative estimate of drug-likeness (QED) is 0.762.